The second-order valence-corrected chi connectivity index (χ2v) is 10.2. The molecular formula is C37H30O2. The molecule has 2 heteroatoms. The van der Waals surface area contributed by atoms with Gasteiger partial charge >= 0.3 is 0 Å². The third-order valence-electron chi connectivity index (χ3n) is 8.06. The van der Waals surface area contributed by atoms with Crippen molar-refractivity contribution in [2.45, 2.75) is 19.3 Å². The van der Waals surface area contributed by atoms with E-state index < -0.39 is 5.41 Å². The first-order valence-electron chi connectivity index (χ1n) is 13.8. The van der Waals surface area contributed by atoms with Gasteiger partial charge in [-0.15, -0.1) is 0 Å². The van der Waals surface area contributed by atoms with Crippen molar-refractivity contribution in [3.63, 3.8) is 0 Å². The van der Waals surface area contributed by atoms with Crippen molar-refractivity contribution in [2.75, 3.05) is 13.2 Å². The van der Waals surface area contributed by atoms with Crippen LogP contribution in [0.1, 0.15) is 36.1 Å². The molecule has 2 nitrogen and oxygen atoms in total. The van der Waals surface area contributed by atoms with Gasteiger partial charge in [-0.05, 0) is 105 Å². The molecule has 0 heterocycles. The van der Waals surface area contributed by atoms with Crippen molar-refractivity contribution in [1.82, 2.24) is 0 Å². The van der Waals surface area contributed by atoms with Crippen LogP contribution < -0.4 is 9.47 Å². The zero-order valence-corrected chi connectivity index (χ0v) is 22.3. The summed E-state index contributed by atoms with van der Waals surface area (Å²) in [5.41, 5.74) is 7.33. The topological polar surface area (TPSA) is 18.5 Å². The lowest BCUT2D eigenvalue weighted by Gasteiger charge is -2.34. The smallest absolute Gasteiger partial charge is 0.119 e. The molecule has 1 aliphatic rings. The van der Waals surface area contributed by atoms with E-state index in [0.29, 0.717) is 13.2 Å². The van der Waals surface area contributed by atoms with Crippen LogP contribution in [-0.4, -0.2) is 13.2 Å². The Labute approximate surface area is 229 Å². The fraction of sp³-hybridized carbons (Fsp3) is 0.135. The summed E-state index contributed by atoms with van der Waals surface area (Å²) in [4.78, 5) is 0. The van der Waals surface area contributed by atoms with Gasteiger partial charge in [-0.25, -0.2) is 0 Å². The summed E-state index contributed by atoms with van der Waals surface area (Å²) in [7, 11) is 0. The van der Waals surface area contributed by atoms with Crippen LogP contribution >= 0.6 is 0 Å². The molecule has 6 aromatic rings. The maximum absolute atomic E-state index is 5.78. The van der Waals surface area contributed by atoms with Gasteiger partial charge in [0.25, 0.3) is 0 Å². The second kappa shape index (κ2) is 9.32. The Morgan fingerprint density at radius 3 is 1.33 bits per heavy atom. The number of rotatable bonds is 6. The predicted octanol–water partition coefficient (Wildman–Crippen LogP) is 9.15. The summed E-state index contributed by atoms with van der Waals surface area (Å²) in [5, 5.41) is 4.78. The zero-order valence-electron chi connectivity index (χ0n) is 22.3. The van der Waals surface area contributed by atoms with Crippen LogP contribution in [0.2, 0.25) is 0 Å². The van der Waals surface area contributed by atoms with Gasteiger partial charge in [0.15, 0.2) is 0 Å². The Morgan fingerprint density at radius 1 is 0.462 bits per heavy atom. The molecule has 0 spiro atoms. The Bertz CT molecular complexity index is 1710. The van der Waals surface area contributed by atoms with Crippen molar-refractivity contribution in [2.24, 2.45) is 0 Å². The standard InChI is InChI=1S/C37H30O2/c1-3-38-31-19-15-25-21-29(17-13-27(25)23-31)37(30-18-14-28-24-32(39-4-2)20-16-26(28)22-30)35-11-7-5-9-33(35)34-10-6-8-12-36(34)37/h5-24H,3-4H2,1-2H3. The summed E-state index contributed by atoms with van der Waals surface area (Å²) in [6.45, 7) is 5.36. The lowest BCUT2D eigenvalue weighted by Crippen LogP contribution is -2.28. The van der Waals surface area contributed by atoms with Gasteiger partial charge < -0.3 is 9.47 Å². The van der Waals surface area contributed by atoms with Gasteiger partial charge in [0.1, 0.15) is 11.5 Å². The van der Waals surface area contributed by atoms with E-state index in [-0.39, 0.29) is 0 Å². The molecule has 0 saturated carbocycles. The van der Waals surface area contributed by atoms with Gasteiger partial charge in [-0.3, -0.25) is 0 Å². The first-order chi connectivity index (χ1) is 19.2. The highest BCUT2D eigenvalue weighted by Gasteiger charge is 2.46. The predicted molar refractivity (Wildman–Crippen MR) is 161 cm³/mol. The Kier molecular flexibility index (Phi) is 5.63. The van der Waals surface area contributed by atoms with Crippen LogP contribution in [-0.2, 0) is 5.41 Å². The molecule has 0 bridgehead atoms. The molecule has 1 aliphatic carbocycles. The molecule has 39 heavy (non-hydrogen) atoms. The Hall–Kier alpha value is -4.56. The summed E-state index contributed by atoms with van der Waals surface area (Å²) >= 11 is 0. The lowest BCUT2D eigenvalue weighted by atomic mass is 9.67. The third kappa shape index (κ3) is 3.63. The van der Waals surface area contributed by atoms with Gasteiger partial charge in [0, 0.05) is 0 Å². The molecule has 0 N–H and O–H groups in total. The van der Waals surface area contributed by atoms with E-state index in [2.05, 4.69) is 121 Å². The molecule has 0 unspecified atom stereocenters. The van der Waals surface area contributed by atoms with E-state index >= 15 is 0 Å². The molecular weight excluding hydrogens is 476 g/mol. The van der Waals surface area contributed by atoms with Crippen molar-refractivity contribution in [3.8, 4) is 22.6 Å². The summed E-state index contributed by atoms with van der Waals surface area (Å²) in [6.07, 6.45) is 0. The summed E-state index contributed by atoms with van der Waals surface area (Å²) < 4.78 is 11.6. The van der Waals surface area contributed by atoms with E-state index in [0.717, 1.165) is 11.5 Å². The van der Waals surface area contributed by atoms with Crippen LogP contribution in [0.4, 0.5) is 0 Å². The highest BCUT2D eigenvalue weighted by atomic mass is 16.5. The average Bonchev–Trinajstić information content (AvgIpc) is 3.28. The number of hydrogen-bond donors (Lipinski definition) is 0. The number of hydrogen-bond acceptors (Lipinski definition) is 2. The largest absolute Gasteiger partial charge is 0.494 e. The monoisotopic (exact) mass is 506 g/mol. The molecule has 7 rings (SSSR count). The molecule has 0 aromatic heterocycles. The molecule has 0 amide bonds. The van der Waals surface area contributed by atoms with Gasteiger partial charge in [-0.1, -0.05) is 84.9 Å². The maximum Gasteiger partial charge on any atom is 0.119 e. The molecule has 0 radical (unpaired) electrons. The van der Waals surface area contributed by atoms with Gasteiger partial charge in [0.05, 0.1) is 18.6 Å². The second-order valence-electron chi connectivity index (χ2n) is 10.2. The number of ether oxygens (including phenoxy) is 2. The van der Waals surface area contributed by atoms with Crippen molar-refractivity contribution >= 4 is 21.5 Å². The fourth-order valence-corrected chi connectivity index (χ4v) is 6.45. The highest BCUT2D eigenvalue weighted by molar-refractivity contribution is 5.92. The van der Waals surface area contributed by atoms with Crippen LogP contribution in [0.25, 0.3) is 32.7 Å². The first kappa shape index (κ1) is 23.5. The molecule has 0 aliphatic heterocycles. The number of benzene rings is 6. The molecule has 0 saturated heterocycles. The third-order valence-corrected chi connectivity index (χ3v) is 8.06. The maximum atomic E-state index is 5.78. The van der Waals surface area contributed by atoms with E-state index in [9.17, 15) is 0 Å². The van der Waals surface area contributed by atoms with Crippen molar-refractivity contribution in [1.29, 1.82) is 0 Å². The van der Waals surface area contributed by atoms with Crippen LogP contribution in [0.15, 0.2) is 121 Å². The lowest BCUT2D eigenvalue weighted by molar-refractivity contribution is 0.340. The zero-order chi connectivity index (χ0) is 26.4. The van der Waals surface area contributed by atoms with E-state index in [1.165, 1.54) is 54.9 Å². The van der Waals surface area contributed by atoms with Crippen LogP contribution in [0.3, 0.4) is 0 Å². The van der Waals surface area contributed by atoms with Crippen LogP contribution in [0, 0.1) is 0 Å². The summed E-state index contributed by atoms with van der Waals surface area (Å²) in [5.74, 6) is 1.81. The minimum atomic E-state index is -0.438. The van der Waals surface area contributed by atoms with E-state index in [1.807, 2.05) is 13.8 Å². The Morgan fingerprint density at radius 2 is 0.872 bits per heavy atom. The van der Waals surface area contributed by atoms with E-state index in [4.69, 9.17) is 9.47 Å². The minimum Gasteiger partial charge on any atom is -0.494 e. The first-order valence-corrected chi connectivity index (χ1v) is 13.8. The van der Waals surface area contributed by atoms with Gasteiger partial charge in [-0.2, -0.15) is 0 Å². The minimum absolute atomic E-state index is 0.438. The summed E-state index contributed by atoms with van der Waals surface area (Å²) in [6, 6.07) is 44.4. The quantitative estimate of drug-likeness (QED) is 0.224. The average molecular weight is 507 g/mol. The van der Waals surface area contributed by atoms with Gasteiger partial charge in [0.2, 0.25) is 0 Å². The molecule has 0 fully saturated rings. The highest BCUT2D eigenvalue weighted by Crippen LogP contribution is 2.56. The fourth-order valence-electron chi connectivity index (χ4n) is 6.45. The van der Waals surface area contributed by atoms with Crippen LogP contribution in [0.5, 0.6) is 11.5 Å². The van der Waals surface area contributed by atoms with Crippen molar-refractivity contribution in [3.05, 3.63) is 144 Å². The number of fused-ring (bicyclic) bond motifs is 5. The normalized spacial score (nSPS) is 13.3. The van der Waals surface area contributed by atoms with E-state index in [1.54, 1.807) is 0 Å². The molecule has 0 atom stereocenters. The Balaban J connectivity index is 1.52. The SMILES string of the molecule is CCOc1ccc2cc(C3(c4ccc5cc(OCC)ccc5c4)c4ccccc4-c4ccccc43)ccc2c1. The molecule has 6 aromatic carbocycles. The van der Waals surface area contributed by atoms with Crippen molar-refractivity contribution < 1.29 is 9.47 Å². The molecule has 190 valence electrons.